The van der Waals surface area contributed by atoms with Crippen LogP contribution in [0.25, 0.3) is 11.0 Å². The minimum absolute atomic E-state index is 0.326. The third-order valence-electron chi connectivity index (χ3n) is 4.93. The molecule has 1 amide bonds. The van der Waals surface area contributed by atoms with Gasteiger partial charge in [-0.15, -0.1) is 5.10 Å². The molecule has 0 fully saturated rings. The van der Waals surface area contributed by atoms with Crippen LogP contribution in [0.2, 0.25) is 0 Å². The van der Waals surface area contributed by atoms with Crippen molar-refractivity contribution in [2.24, 2.45) is 0 Å². The van der Waals surface area contributed by atoms with Crippen LogP contribution < -0.4 is 19.5 Å². The summed E-state index contributed by atoms with van der Waals surface area (Å²) in [5, 5.41) is 11.6. The van der Waals surface area contributed by atoms with Crippen molar-refractivity contribution in [3.05, 3.63) is 77.9 Å². The number of amides is 1. The zero-order valence-electron chi connectivity index (χ0n) is 17.4. The van der Waals surface area contributed by atoms with Gasteiger partial charge in [0.05, 0.1) is 26.8 Å². The van der Waals surface area contributed by atoms with Crippen LogP contribution in [-0.4, -0.2) is 42.2 Å². The van der Waals surface area contributed by atoms with Crippen molar-refractivity contribution in [1.29, 1.82) is 0 Å². The number of benzene rings is 3. The molecule has 0 aliphatic carbocycles. The molecule has 31 heavy (non-hydrogen) atoms. The number of methoxy groups -OCH3 is 3. The summed E-state index contributed by atoms with van der Waals surface area (Å²) in [6.07, 6.45) is -0.569. The van der Waals surface area contributed by atoms with Crippen molar-refractivity contribution in [1.82, 2.24) is 20.3 Å². The van der Waals surface area contributed by atoms with Crippen molar-refractivity contribution in [3.8, 4) is 17.2 Å². The molecule has 8 nitrogen and oxygen atoms in total. The minimum Gasteiger partial charge on any atom is -0.493 e. The Labute approximate surface area is 179 Å². The molecule has 4 rings (SSSR count). The van der Waals surface area contributed by atoms with Crippen molar-refractivity contribution < 1.29 is 19.0 Å². The van der Waals surface area contributed by atoms with Crippen LogP contribution in [0.3, 0.4) is 0 Å². The standard InChI is InChI=1S/C23H22N4O4/c1-29-19-13-16(14-20(30-2)21(19)31-3)23(28)24-22(15-9-5-4-6-10-15)27-18-12-8-7-11-17(18)25-26-27/h4-14,22H,1-3H3,(H,24,28). The molecule has 0 aliphatic heterocycles. The number of nitrogens with zero attached hydrogens (tertiary/aromatic N) is 3. The summed E-state index contributed by atoms with van der Waals surface area (Å²) in [7, 11) is 4.53. The predicted molar refractivity (Wildman–Crippen MR) is 116 cm³/mol. The molecule has 1 unspecified atom stereocenters. The number of hydrogen-bond donors (Lipinski definition) is 1. The fraction of sp³-hybridized carbons (Fsp3) is 0.174. The third-order valence-corrected chi connectivity index (χ3v) is 4.93. The highest BCUT2D eigenvalue weighted by Gasteiger charge is 2.23. The molecule has 1 aromatic heterocycles. The average molecular weight is 418 g/mol. The number of aromatic nitrogens is 3. The average Bonchev–Trinajstić information content (AvgIpc) is 3.25. The van der Waals surface area contributed by atoms with Crippen LogP contribution in [0.1, 0.15) is 22.1 Å². The SMILES string of the molecule is COc1cc(C(=O)NC(c2ccccc2)n2nnc3ccccc32)cc(OC)c1OC. The zero-order valence-corrected chi connectivity index (χ0v) is 17.4. The normalized spacial score (nSPS) is 11.7. The molecule has 3 aromatic carbocycles. The van der Waals surface area contributed by atoms with E-state index in [2.05, 4.69) is 15.6 Å². The lowest BCUT2D eigenvalue weighted by Crippen LogP contribution is -2.34. The van der Waals surface area contributed by atoms with Crippen molar-refractivity contribution in [2.75, 3.05) is 21.3 Å². The molecule has 1 N–H and O–H groups in total. The van der Waals surface area contributed by atoms with Crippen LogP contribution in [0.5, 0.6) is 17.2 Å². The summed E-state index contributed by atoms with van der Waals surface area (Å²) in [6, 6.07) is 20.4. The lowest BCUT2D eigenvalue weighted by Gasteiger charge is -2.21. The third kappa shape index (κ3) is 3.87. The highest BCUT2D eigenvalue weighted by Crippen LogP contribution is 2.38. The molecule has 1 heterocycles. The minimum atomic E-state index is -0.569. The molecule has 8 heteroatoms. The number of hydrogen-bond acceptors (Lipinski definition) is 6. The van der Waals surface area contributed by atoms with E-state index in [1.54, 1.807) is 16.8 Å². The van der Waals surface area contributed by atoms with Gasteiger partial charge in [0.25, 0.3) is 5.91 Å². The van der Waals surface area contributed by atoms with Gasteiger partial charge >= 0.3 is 0 Å². The molecule has 0 saturated carbocycles. The Morgan fingerprint density at radius 1 is 0.903 bits per heavy atom. The van der Waals surface area contributed by atoms with Gasteiger partial charge in [0, 0.05) is 5.56 Å². The van der Waals surface area contributed by atoms with Gasteiger partial charge in [-0.3, -0.25) is 4.79 Å². The lowest BCUT2D eigenvalue weighted by molar-refractivity contribution is 0.0927. The molecule has 0 aliphatic rings. The van der Waals surface area contributed by atoms with Gasteiger partial charge in [-0.25, -0.2) is 4.68 Å². The maximum absolute atomic E-state index is 13.3. The maximum atomic E-state index is 13.3. The Balaban J connectivity index is 1.75. The first-order valence-corrected chi connectivity index (χ1v) is 9.62. The van der Waals surface area contributed by atoms with Crippen LogP contribution in [0.4, 0.5) is 0 Å². The second kappa shape index (κ2) is 8.74. The maximum Gasteiger partial charge on any atom is 0.253 e. The molecule has 0 saturated heterocycles. The summed E-state index contributed by atoms with van der Waals surface area (Å²) in [5.41, 5.74) is 2.77. The van der Waals surface area contributed by atoms with Gasteiger partial charge in [0.1, 0.15) is 5.52 Å². The Kier molecular flexibility index (Phi) is 5.70. The van der Waals surface area contributed by atoms with E-state index in [9.17, 15) is 4.79 Å². The fourth-order valence-corrected chi connectivity index (χ4v) is 3.42. The van der Waals surface area contributed by atoms with Gasteiger partial charge in [0.15, 0.2) is 17.7 Å². The number of nitrogens with one attached hydrogen (secondary N) is 1. The van der Waals surface area contributed by atoms with E-state index in [1.165, 1.54) is 21.3 Å². The van der Waals surface area contributed by atoms with Gasteiger partial charge in [-0.1, -0.05) is 47.7 Å². The van der Waals surface area contributed by atoms with Gasteiger partial charge < -0.3 is 19.5 Å². The second-order valence-electron chi connectivity index (χ2n) is 6.72. The Morgan fingerprint density at radius 3 is 2.19 bits per heavy atom. The second-order valence-corrected chi connectivity index (χ2v) is 6.72. The van der Waals surface area contributed by atoms with E-state index in [0.29, 0.717) is 22.8 Å². The molecular formula is C23H22N4O4. The highest BCUT2D eigenvalue weighted by atomic mass is 16.5. The number of carbonyl (C=O) groups excluding carboxylic acids is 1. The number of carbonyl (C=O) groups is 1. The number of ether oxygens (including phenoxy) is 3. The van der Waals surface area contributed by atoms with Crippen molar-refractivity contribution >= 4 is 16.9 Å². The molecule has 0 spiro atoms. The van der Waals surface area contributed by atoms with Crippen LogP contribution >= 0.6 is 0 Å². The quantitative estimate of drug-likeness (QED) is 0.495. The van der Waals surface area contributed by atoms with E-state index < -0.39 is 6.17 Å². The first-order valence-electron chi connectivity index (χ1n) is 9.62. The Hall–Kier alpha value is -4.07. The Morgan fingerprint density at radius 2 is 1.55 bits per heavy atom. The van der Waals surface area contributed by atoms with Gasteiger partial charge in [0.2, 0.25) is 5.75 Å². The highest BCUT2D eigenvalue weighted by molar-refractivity contribution is 5.96. The molecule has 158 valence electrons. The molecule has 0 bridgehead atoms. The van der Waals surface area contributed by atoms with Gasteiger partial charge in [-0.2, -0.15) is 0 Å². The van der Waals surface area contributed by atoms with Crippen LogP contribution in [-0.2, 0) is 0 Å². The largest absolute Gasteiger partial charge is 0.493 e. The zero-order chi connectivity index (χ0) is 21.8. The van der Waals surface area contributed by atoms with Crippen LogP contribution in [0.15, 0.2) is 66.7 Å². The fourth-order valence-electron chi connectivity index (χ4n) is 3.42. The molecule has 4 aromatic rings. The number of rotatable bonds is 7. The summed E-state index contributed by atoms with van der Waals surface area (Å²) in [5.74, 6) is 0.889. The predicted octanol–water partition coefficient (Wildman–Crippen LogP) is 3.43. The first-order chi connectivity index (χ1) is 15.2. The number of para-hydroxylation sites is 1. The van der Waals surface area contributed by atoms with E-state index >= 15 is 0 Å². The number of fused-ring (bicyclic) bond motifs is 1. The van der Waals surface area contributed by atoms with Crippen LogP contribution in [0, 0.1) is 0 Å². The lowest BCUT2D eigenvalue weighted by atomic mass is 10.1. The molecular weight excluding hydrogens is 396 g/mol. The topological polar surface area (TPSA) is 87.5 Å². The Bertz CT molecular complexity index is 1180. The van der Waals surface area contributed by atoms with E-state index in [4.69, 9.17) is 14.2 Å². The van der Waals surface area contributed by atoms with Crippen molar-refractivity contribution in [2.45, 2.75) is 6.17 Å². The summed E-state index contributed by atoms with van der Waals surface area (Å²) in [6.45, 7) is 0. The van der Waals surface area contributed by atoms with Crippen molar-refractivity contribution in [3.63, 3.8) is 0 Å². The molecule has 0 radical (unpaired) electrons. The summed E-state index contributed by atoms with van der Waals surface area (Å²) >= 11 is 0. The van der Waals surface area contributed by atoms with E-state index in [0.717, 1.165) is 16.6 Å². The summed E-state index contributed by atoms with van der Waals surface area (Å²) < 4.78 is 17.8. The van der Waals surface area contributed by atoms with Gasteiger partial charge in [-0.05, 0) is 29.8 Å². The monoisotopic (exact) mass is 418 g/mol. The first kappa shape index (κ1) is 20.2. The van der Waals surface area contributed by atoms with E-state index in [-0.39, 0.29) is 5.91 Å². The molecule has 1 atom stereocenters. The van der Waals surface area contributed by atoms with E-state index in [1.807, 2.05) is 54.6 Å². The summed E-state index contributed by atoms with van der Waals surface area (Å²) in [4.78, 5) is 13.3. The smallest absolute Gasteiger partial charge is 0.253 e.